The Morgan fingerprint density at radius 2 is 1.12 bits per heavy atom. The Balaban J connectivity index is 0.000000373. The van der Waals surface area contributed by atoms with Crippen LogP contribution in [0.25, 0.3) is 22.1 Å². The van der Waals surface area contributed by atoms with Crippen molar-refractivity contribution in [3.63, 3.8) is 0 Å². The molecule has 0 saturated carbocycles. The molecule has 9 heteroatoms. The summed E-state index contributed by atoms with van der Waals surface area (Å²) in [5, 5.41) is 14.8. The molecule has 0 atom stereocenters. The number of H-pyrrole nitrogens is 2. The Hall–Kier alpha value is -2.06. The molecule has 0 fully saturated rings. The predicted octanol–water partition coefficient (Wildman–Crippen LogP) is 4.84. The minimum atomic E-state index is 0. The molecule has 0 saturated heterocycles. The predicted molar refractivity (Wildman–Crippen MR) is 97.5 cm³/mol. The molecule has 25 heavy (non-hydrogen) atoms. The van der Waals surface area contributed by atoms with Crippen molar-refractivity contribution in [2.24, 2.45) is 0 Å². The fraction of sp³-hybridized carbons (Fsp3) is 0. The molecule has 0 unspecified atom stereocenters. The third-order valence-corrected chi connectivity index (χ3v) is 3.60. The first-order chi connectivity index (χ1) is 11.7. The molecule has 0 spiro atoms. The van der Waals surface area contributed by atoms with E-state index in [0.29, 0.717) is 0 Å². The van der Waals surface area contributed by atoms with Crippen LogP contribution in [0.2, 0.25) is 0 Å². The molecule has 0 aliphatic carbocycles. The van der Waals surface area contributed by atoms with Crippen molar-refractivity contribution in [1.82, 2.24) is 19.9 Å². The number of pyridine rings is 2. The third-order valence-electron chi connectivity index (χ3n) is 2.73. The zero-order chi connectivity index (χ0) is 17.9. The van der Waals surface area contributed by atoms with Gasteiger partial charge in [-0.25, -0.2) is 9.97 Å². The van der Waals surface area contributed by atoms with Gasteiger partial charge in [0.15, 0.2) is 0 Å². The summed E-state index contributed by atoms with van der Waals surface area (Å²) < 4.78 is 2.03. The molecule has 2 N–H and O–H groups in total. The smallest absolute Gasteiger partial charge is 0.512 e. The molecule has 6 nitrogen and oxygen atoms in total. The largest absolute Gasteiger partial charge is 2.00 e. The summed E-state index contributed by atoms with van der Waals surface area (Å²) in [4.78, 5) is 14.3. The number of rotatable bonds is 0. The first-order valence-electron chi connectivity index (χ1n) is 6.34. The molecule has 0 aliphatic rings. The van der Waals surface area contributed by atoms with E-state index in [9.17, 15) is 0 Å². The van der Waals surface area contributed by atoms with Crippen LogP contribution in [0.5, 0.6) is 0 Å². The van der Waals surface area contributed by atoms with Crippen molar-refractivity contribution in [3.8, 4) is 0 Å². The van der Waals surface area contributed by atoms with Crippen molar-refractivity contribution in [2.75, 3.05) is 0 Å². The first-order valence-corrected chi connectivity index (χ1v) is 7.93. The van der Waals surface area contributed by atoms with E-state index in [-0.39, 0.29) is 19.5 Å². The number of hydrogen-bond acceptors (Lipinski definition) is 4. The van der Waals surface area contributed by atoms with Crippen LogP contribution in [0, 0.1) is 23.7 Å². The fourth-order valence-electron chi connectivity index (χ4n) is 1.83. The van der Waals surface area contributed by atoms with Gasteiger partial charge in [0.1, 0.15) is 11.3 Å². The number of aromatic nitrogens is 4. The summed E-state index contributed by atoms with van der Waals surface area (Å²) in [5.41, 5.74) is 1.87. The molecule has 4 rings (SSSR count). The van der Waals surface area contributed by atoms with Crippen molar-refractivity contribution in [1.29, 1.82) is 10.5 Å². The van der Waals surface area contributed by atoms with Gasteiger partial charge in [0, 0.05) is 44.5 Å². The standard InChI is InChI=1S/2C7H5BrN2.2CN.Zn/c2*8-6-3-5-1-2-9-7(5)10-4-6;2*1-2;/h2*1-4H,(H,9,10);;;/q;;2*-1;+2. The molecular weight excluding hydrogens is 501 g/mol. The summed E-state index contributed by atoms with van der Waals surface area (Å²) in [6, 6.07) is 8.04. The van der Waals surface area contributed by atoms with E-state index in [1.54, 1.807) is 12.4 Å². The molecule has 0 amide bonds. The number of nitrogens with zero attached hydrogens (tertiary/aromatic N) is 4. The summed E-state index contributed by atoms with van der Waals surface area (Å²) in [6.45, 7) is 9.50. The van der Waals surface area contributed by atoms with Crippen LogP contribution in [0.1, 0.15) is 0 Å². The zero-order valence-electron chi connectivity index (χ0n) is 12.9. The SMILES string of the molecule is Brc1cnc2[nH]ccc2c1.Brc1cnc2[nH]ccc2c1.[C-]#N.[C-]#N.[Zn+2]. The van der Waals surface area contributed by atoms with Gasteiger partial charge in [0.2, 0.25) is 0 Å². The van der Waals surface area contributed by atoms with Crippen molar-refractivity contribution in [3.05, 3.63) is 71.1 Å². The minimum Gasteiger partial charge on any atom is -0.512 e. The van der Waals surface area contributed by atoms with Crippen LogP contribution in [0.3, 0.4) is 0 Å². The van der Waals surface area contributed by atoms with Gasteiger partial charge in [0.05, 0.1) is 0 Å². The third kappa shape index (κ3) is 6.76. The Bertz CT molecular complexity index is 866. The number of halogens is 2. The van der Waals surface area contributed by atoms with Gasteiger partial charge in [-0.2, -0.15) is 0 Å². The molecule has 0 aliphatic heterocycles. The van der Waals surface area contributed by atoms with E-state index in [1.807, 2.05) is 36.7 Å². The van der Waals surface area contributed by atoms with E-state index in [0.717, 1.165) is 31.0 Å². The molecule has 0 bridgehead atoms. The Labute approximate surface area is 174 Å². The molecule has 4 heterocycles. The second-order valence-electron chi connectivity index (χ2n) is 4.14. The quantitative estimate of drug-likeness (QED) is 0.260. The molecular formula is C16H10Br2N6Zn. The average molecular weight is 511 g/mol. The normalized spacial score (nSPS) is 8.56. The van der Waals surface area contributed by atoms with Crippen LogP contribution in [0.15, 0.2) is 58.0 Å². The maximum absolute atomic E-state index is 6.25. The van der Waals surface area contributed by atoms with E-state index in [1.165, 1.54) is 0 Å². The van der Waals surface area contributed by atoms with Crippen LogP contribution in [0.4, 0.5) is 0 Å². The van der Waals surface area contributed by atoms with E-state index in [2.05, 4.69) is 51.8 Å². The second-order valence-corrected chi connectivity index (χ2v) is 5.97. The van der Waals surface area contributed by atoms with Gasteiger partial charge in [-0.05, 0) is 56.1 Å². The number of aromatic amines is 2. The van der Waals surface area contributed by atoms with Crippen LogP contribution in [-0.2, 0) is 19.5 Å². The van der Waals surface area contributed by atoms with Gasteiger partial charge < -0.3 is 33.6 Å². The van der Waals surface area contributed by atoms with E-state index >= 15 is 0 Å². The summed E-state index contributed by atoms with van der Waals surface area (Å²) in [5.74, 6) is 0. The number of nitrogens with one attached hydrogen (secondary N) is 2. The molecule has 4 aromatic rings. The molecule has 0 aromatic carbocycles. The molecule has 4 aromatic heterocycles. The second kappa shape index (κ2) is 12.3. The fourth-order valence-corrected chi connectivity index (χ4v) is 2.52. The Morgan fingerprint density at radius 3 is 1.48 bits per heavy atom. The maximum Gasteiger partial charge on any atom is 2.00 e. The molecule has 0 radical (unpaired) electrons. The van der Waals surface area contributed by atoms with Gasteiger partial charge >= 0.3 is 19.5 Å². The van der Waals surface area contributed by atoms with Gasteiger partial charge in [0.25, 0.3) is 0 Å². The van der Waals surface area contributed by atoms with Gasteiger partial charge in [-0.3, -0.25) is 0 Å². The molecule has 120 valence electrons. The van der Waals surface area contributed by atoms with Crippen LogP contribution < -0.4 is 0 Å². The van der Waals surface area contributed by atoms with Crippen molar-refractivity contribution < 1.29 is 19.5 Å². The summed E-state index contributed by atoms with van der Waals surface area (Å²) in [6.07, 6.45) is 7.31. The van der Waals surface area contributed by atoms with Gasteiger partial charge in [-0.15, -0.1) is 0 Å². The summed E-state index contributed by atoms with van der Waals surface area (Å²) in [7, 11) is 0. The Kier molecular flexibility index (Phi) is 11.3. The topological polar surface area (TPSA) is 105 Å². The first kappa shape index (κ1) is 22.9. The summed E-state index contributed by atoms with van der Waals surface area (Å²) >= 11 is 6.68. The van der Waals surface area contributed by atoms with Crippen molar-refractivity contribution in [2.45, 2.75) is 0 Å². The number of hydrogen-bond donors (Lipinski definition) is 2. The van der Waals surface area contributed by atoms with Crippen LogP contribution in [-0.4, -0.2) is 19.9 Å². The zero-order valence-corrected chi connectivity index (χ0v) is 19.0. The monoisotopic (exact) mass is 508 g/mol. The Morgan fingerprint density at radius 1 is 0.760 bits per heavy atom. The average Bonchev–Trinajstić information content (AvgIpc) is 3.27. The number of fused-ring (bicyclic) bond motifs is 2. The van der Waals surface area contributed by atoms with Gasteiger partial charge in [-0.1, -0.05) is 0 Å². The van der Waals surface area contributed by atoms with Crippen molar-refractivity contribution >= 4 is 53.9 Å². The van der Waals surface area contributed by atoms with E-state index < -0.39 is 0 Å². The van der Waals surface area contributed by atoms with Crippen LogP contribution >= 0.6 is 31.9 Å². The van der Waals surface area contributed by atoms with E-state index in [4.69, 9.17) is 23.7 Å². The minimum absolute atomic E-state index is 0. The maximum atomic E-state index is 6.25.